The molecule has 2 aromatic rings. The van der Waals surface area contributed by atoms with Crippen molar-refractivity contribution in [2.24, 2.45) is 0 Å². The molecular weight excluding hydrogens is 315 g/mol. The molecule has 0 aliphatic heterocycles. The smallest absolute Gasteiger partial charge is 0.243 e. The molecule has 1 aliphatic carbocycles. The number of aromatic nitrogens is 1. The van der Waals surface area contributed by atoms with E-state index in [1.807, 2.05) is 25.1 Å². The van der Waals surface area contributed by atoms with E-state index in [1.54, 1.807) is 6.07 Å². The number of aryl methyl sites for hydroxylation is 3. The maximum Gasteiger partial charge on any atom is 0.243 e. The Balaban J connectivity index is 1.97. The van der Waals surface area contributed by atoms with Crippen LogP contribution in [0.25, 0.3) is 0 Å². The van der Waals surface area contributed by atoms with Gasteiger partial charge in [-0.3, -0.25) is 9.69 Å². The second-order valence-corrected chi connectivity index (χ2v) is 6.04. The number of benzene rings is 1. The third-order valence-electron chi connectivity index (χ3n) is 4.27. The van der Waals surface area contributed by atoms with Crippen molar-refractivity contribution in [1.29, 1.82) is 0 Å². The molecule has 23 heavy (non-hydrogen) atoms. The van der Waals surface area contributed by atoms with Crippen LogP contribution in [0.5, 0.6) is 0 Å². The van der Waals surface area contributed by atoms with Crippen LogP contribution in [0.3, 0.4) is 0 Å². The van der Waals surface area contributed by atoms with Crippen molar-refractivity contribution in [3.05, 3.63) is 58.5 Å². The highest BCUT2D eigenvalue weighted by Crippen LogP contribution is 2.25. The highest BCUT2D eigenvalue weighted by atomic mass is 35.5. The summed E-state index contributed by atoms with van der Waals surface area (Å²) in [5, 5.41) is 0. The molecule has 0 saturated carbocycles. The Bertz CT molecular complexity index is 728. The van der Waals surface area contributed by atoms with Crippen LogP contribution in [-0.4, -0.2) is 16.8 Å². The van der Waals surface area contributed by atoms with E-state index in [9.17, 15) is 9.18 Å². The van der Waals surface area contributed by atoms with Gasteiger partial charge in [0.25, 0.3) is 0 Å². The average molecular weight is 333 g/mol. The second kappa shape index (κ2) is 6.67. The van der Waals surface area contributed by atoms with Gasteiger partial charge in [0.2, 0.25) is 5.91 Å². The van der Waals surface area contributed by atoms with Gasteiger partial charge < -0.3 is 0 Å². The fourth-order valence-corrected chi connectivity index (χ4v) is 3.10. The predicted molar refractivity (Wildman–Crippen MR) is 89.3 cm³/mol. The Morgan fingerprint density at radius 2 is 2.13 bits per heavy atom. The monoisotopic (exact) mass is 332 g/mol. The number of carbonyl (C=O) groups excluding carboxylic acids is 1. The minimum absolute atomic E-state index is 0.135. The third-order valence-corrected chi connectivity index (χ3v) is 4.50. The van der Waals surface area contributed by atoms with Gasteiger partial charge in [0, 0.05) is 11.3 Å². The Morgan fingerprint density at radius 1 is 1.30 bits per heavy atom. The summed E-state index contributed by atoms with van der Waals surface area (Å²) in [6.07, 6.45) is 3.03. The zero-order valence-corrected chi connectivity index (χ0v) is 13.7. The van der Waals surface area contributed by atoms with Crippen LogP contribution in [0.4, 0.5) is 10.2 Å². The van der Waals surface area contributed by atoms with Crippen molar-refractivity contribution in [2.45, 2.75) is 32.7 Å². The number of amides is 1. The highest BCUT2D eigenvalue weighted by molar-refractivity contribution is 6.29. The van der Waals surface area contributed by atoms with Crippen molar-refractivity contribution in [3.8, 4) is 0 Å². The number of carbonyl (C=O) groups is 1. The van der Waals surface area contributed by atoms with Crippen LogP contribution in [0.2, 0.25) is 0 Å². The number of hydrogen-bond acceptors (Lipinski definition) is 2. The van der Waals surface area contributed by atoms with Gasteiger partial charge in [-0.1, -0.05) is 18.2 Å². The Hall–Kier alpha value is -1.94. The van der Waals surface area contributed by atoms with Gasteiger partial charge in [-0.05, 0) is 49.4 Å². The topological polar surface area (TPSA) is 33.2 Å². The number of halogens is 2. The summed E-state index contributed by atoms with van der Waals surface area (Å²) >= 11 is 5.75. The van der Waals surface area contributed by atoms with Gasteiger partial charge in [0.1, 0.15) is 17.5 Å². The fraction of sp³-hybridized carbons (Fsp3) is 0.333. The largest absolute Gasteiger partial charge is 0.291 e. The van der Waals surface area contributed by atoms with E-state index >= 15 is 0 Å². The molecule has 3 rings (SSSR count). The van der Waals surface area contributed by atoms with E-state index < -0.39 is 0 Å². The van der Waals surface area contributed by atoms with Crippen LogP contribution in [-0.2, 0) is 24.2 Å². The van der Waals surface area contributed by atoms with E-state index in [4.69, 9.17) is 11.6 Å². The lowest BCUT2D eigenvalue weighted by Crippen LogP contribution is -2.33. The molecule has 1 amide bonds. The van der Waals surface area contributed by atoms with Crippen molar-refractivity contribution >= 4 is 23.3 Å². The van der Waals surface area contributed by atoms with Crippen LogP contribution >= 0.6 is 11.6 Å². The first-order valence-electron chi connectivity index (χ1n) is 7.69. The van der Waals surface area contributed by atoms with Crippen molar-refractivity contribution in [3.63, 3.8) is 0 Å². The molecule has 0 N–H and O–H groups in total. The number of alkyl halides is 1. The molecule has 3 nitrogen and oxygen atoms in total. The Labute approximate surface area is 140 Å². The normalized spacial score (nSPS) is 13.0. The molecule has 0 saturated heterocycles. The maximum atomic E-state index is 14.1. The molecular formula is C18H18ClFN2O. The van der Waals surface area contributed by atoms with Crippen LogP contribution in [0.1, 0.15) is 28.8 Å². The molecule has 0 spiro atoms. The van der Waals surface area contributed by atoms with Crippen LogP contribution in [0, 0.1) is 12.7 Å². The van der Waals surface area contributed by atoms with E-state index in [0.29, 0.717) is 11.4 Å². The third kappa shape index (κ3) is 3.22. The summed E-state index contributed by atoms with van der Waals surface area (Å²) in [6.45, 7) is 1.97. The van der Waals surface area contributed by atoms with Gasteiger partial charge in [-0.25, -0.2) is 9.37 Å². The number of rotatable bonds is 4. The second-order valence-electron chi connectivity index (χ2n) is 5.78. The first-order valence-corrected chi connectivity index (χ1v) is 8.22. The van der Waals surface area contributed by atoms with E-state index in [1.165, 1.54) is 16.5 Å². The molecule has 1 aromatic heterocycles. The van der Waals surface area contributed by atoms with Gasteiger partial charge in [0.05, 0.1) is 6.54 Å². The number of fused-ring (bicyclic) bond motifs is 1. The summed E-state index contributed by atoms with van der Waals surface area (Å²) in [5.41, 5.74) is 3.56. The van der Waals surface area contributed by atoms with Crippen LogP contribution < -0.4 is 4.90 Å². The molecule has 0 atom stereocenters. The molecule has 1 aliphatic rings. The lowest BCUT2D eigenvalue weighted by atomic mass is 10.1. The van der Waals surface area contributed by atoms with Crippen molar-refractivity contribution in [1.82, 2.24) is 4.98 Å². The van der Waals surface area contributed by atoms with E-state index in [0.717, 1.165) is 30.5 Å². The zero-order chi connectivity index (χ0) is 16.4. The lowest BCUT2D eigenvalue weighted by molar-refractivity contribution is -0.116. The first kappa shape index (κ1) is 15.9. The van der Waals surface area contributed by atoms with Gasteiger partial charge >= 0.3 is 0 Å². The molecule has 1 aromatic carbocycles. The summed E-state index contributed by atoms with van der Waals surface area (Å²) in [7, 11) is 0. The average Bonchev–Trinajstić information content (AvgIpc) is 3.01. The lowest BCUT2D eigenvalue weighted by Gasteiger charge is -2.23. The summed E-state index contributed by atoms with van der Waals surface area (Å²) in [4.78, 5) is 18.3. The van der Waals surface area contributed by atoms with Crippen LogP contribution in [0.15, 0.2) is 30.3 Å². The van der Waals surface area contributed by atoms with Gasteiger partial charge in [0.15, 0.2) is 0 Å². The minimum atomic E-state index is -0.321. The predicted octanol–water partition coefficient (Wildman–Crippen LogP) is 3.79. The molecule has 1 heterocycles. The minimum Gasteiger partial charge on any atom is -0.291 e. The first-order chi connectivity index (χ1) is 11.1. The summed E-state index contributed by atoms with van der Waals surface area (Å²) in [5.74, 6) is -0.219. The maximum absolute atomic E-state index is 14.1. The molecule has 0 unspecified atom stereocenters. The zero-order valence-electron chi connectivity index (χ0n) is 13.0. The summed E-state index contributed by atoms with van der Waals surface area (Å²) < 4.78 is 14.1. The molecule has 5 heteroatoms. The number of hydrogen-bond donors (Lipinski definition) is 0. The molecule has 0 fully saturated rings. The fourth-order valence-electron chi connectivity index (χ4n) is 2.95. The quantitative estimate of drug-likeness (QED) is 0.798. The van der Waals surface area contributed by atoms with Crippen molar-refractivity contribution in [2.75, 3.05) is 10.8 Å². The van der Waals surface area contributed by atoms with Gasteiger partial charge in [-0.15, -0.1) is 11.6 Å². The molecule has 0 radical (unpaired) electrons. The SMILES string of the molecule is Cc1cccc(F)c1CN(C(=O)CCl)c1ccc2c(n1)CCC2. The Kier molecular flexibility index (Phi) is 4.62. The number of anilines is 1. The van der Waals surface area contributed by atoms with Crippen molar-refractivity contribution < 1.29 is 9.18 Å². The molecule has 120 valence electrons. The highest BCUT2D eigenvalue weighted by Gasteiger charge is 2.21. The van der Waals surface area contributed by atoms with E-state index in [-0.39, 0.29) is 24.1 Å². The Morgan fingerprint density at radius 3 is 2.87 bits per heavy atom. The summed E-state index contributed by atoms with van der Waals surface area (Å²) in [6, 6.07) is 8.73. The molecule has 0 bridgehead atoms. The standard InChI is InChI=1S/C18H18ClFN2O/c1-12-4-2-6-15(20)14(12)11-22(18(23)10-19)17-9-8-13-5-3-7-16(13)21-17/h2,4,6,8-9H,3,5,7,10-11H2,1H3. The van der Waals surface area contributed by atoms with Gasteiger partial charge in [-0.2, -0.15) is 0 Å². The number of pyridine rings is 1. The van der Waals surface area contributed by atoms with E-state index in [2.05, 4.69) is 4.98 Å². The number of nitrogens with zero attached hydrogens (tertiary/aromatic N) is 2.